The summed E-state index contributed by atoms with van der Waals surface area (Å²) >= 11 is 1.47. The fourth-order valence-electron chi connectivity index (χ4n) is 2.90. The van der Waals surface area contributed by atoms with Crippen molar-refractivity contribution in [2.75, 3.05) is 5.32 Å². The summed E-state index contributed by atoms with van der Waals surface area (Å²) in [5.41, 5.74) is 0.223. The van der Waals surface area contributed by atoms with Crippen LogP contribution in [0.5, 0.6) is 0 Å². The van der Waals surface area contributed by atoms with Crippen molar-refractivity contribution in [3.8, 4) is 0 Å². The molecule has 0 aliphatic heterocycles. The Balaban J connectivity index is 2.75. The fraction of sp³-hybridized carbons (Fsp3) is 0.750. The van der Waals surface area contributed by atoms with E-state index in [1.807, 2.05) is 13.1 Å². The predicted octanol–water partition coefficient (Wildman–Crippen LogP) is 3.92. The van der Waals surface area contributed by atoms with Gasteiger partial charge in [-0.15, -0.1) is 11.3 Å². The van der Waals surface area contributed by atoms with Crippen molar-refractivity contribution in [2.24, 2.45) is 11.3 Å². The Bertz CT molecular complexity index is 622. The highest BCUT2D eigenvalue weighted by Crippen LogP contribution is 2.34. The van der Waals surface area contributed by atoms with E-state index in [9.17, 15) is 14.7 Å². The molecule has 3 unspecified atom stereocenters. The second-order valence-electron chi connectivity index (χ2n) is 8.76. The summed E-state index contributed by atoms with van der Waals surface area (Å²) in [5, 5.41) is 15.9. The van der Waals surface area contributed by atoms with Gasteiger partial charge < -0.3 is 15.7 Å². The van der Waals surface area contributed by atoms with Crippen LogP contribution in [-0.2, 0) is 9.59 Å². The number of aromatic nitrogens is 1. The number of nitrogens with one attached hydrogen (secondary N) is 2. The molecule has 3 N–H and O–H groups in total. The fourth-order valence-corrected chi connectivity index (χ4v) is 3.77. The number of nitrogens with zero attached hydrogens (tertiary/aromatic N) is 1. The largest absolute Gasteiger partial charge is 0.383 e. The van der Waals surface area contributed by atoms with E-state index in [1.165, 1.54) is 11.3 Å². The summed E-state index contributed by atoms with van der Waals surface area (Å²) < 4.78 is 0. The van der Waals surface area contributed by atoms with Crippen LogP contribution in [-0.4, -0.2) is 34.1 Å². The number of aliphatic hydroxyl groups is 1. The molecule has 2 amide bonds. The van der Waals surface area contributed by atoms with Crippen LogP contribution >= 0.6 is 11.3 Å². The topological polar surface area (TPSA) is 91.3 Å². The minimum absolute atomic E-state index is 0.207. The number of carbonyl (C=O) groups is 2. The normalized spacial score (nSPS) is 15.3. The van der Waals surface area contributed by atoms with Crippen molar-refractivity contribution < 1.29 is 14.7 Å². The van der Waals surface area contributed by atoms with Gasteiger partial charge in [-0.25, -0.2) is 4.98 Å². The second-order valence-corrected chi connectivity index (χ2v) is 9.82. The maximum absolute atomic E-state index is 12.6. The second kappa shape index (κ2) is 10.2. The molecule has 3 atom stereocenters. The first-order valence-corrected chi connectivity index (χ1v) is 10.5. The SMILES string of the molecule is CCCC(NC(=O)C(O)C(C)C)C(=O)Nc1ncc(C(C)CC(C)(C)C)s1. The summed E-state index contributed by atoms with van der Waals surface area (Å²) in [4.78, 5) is 30.1. The Morgan fingerprint density at radius 2 is 1.85 bits per heavy atom. The van der Waals surface area contributed by atoms with Crippen molar-refractivity contribution in [3.05, 3.63) is 11.1 Å². The zero-order valence-electron chi connectivity index (χ0n) is 17.6. The Morgan fingerprint density at radius 1 is 1.22 bits per heavy atom. The summed E-state index contributed by atoms with van der Waals surface area (Å²) in [6.07, 6.45) is 2.96. The molecule has 0 saturated carbocycles. The van der Waals surface area contributed by atoms with Gasteiger partial charge in [0.2, 0.25) is 11.8 Å². The highest BCUT2D eigenvalue weighted by atomic mass is 32.1. The third kappa shape index (κ3) is 7.97. The molecule has 1 heterocycles. The molecule has 6 nitrogen and oxygen atoms in total. The van der Waals surface area contributed by atoms with Crippen molar-refractivity contribution >= 4 is 28.3 Å². The lowest BCUT2D eigenvalue weighted by Gasteiger charge is -2.22. The molecule has 0 aliphatic carbocycles. The van der Waals surface area contributed by atoms with Crippen molar-refractivity contribution in [3.63, 3.8) is 0 Å². The maximum Gasteiger partial charge on any atom is 0.249 e. The number of rotatable bonds is 9. The molecule has 0 bridgehead atoms. The lowest BCUT2D eigenvalue weighted by atomic mass is 9.85. The van der Waals surface area contributed by atoms with E-state index in [0.717, 1.165) is 17.7 Å². The first-order chi connectivity index (χ1) is 12.4. The smallest absolute Gasteiger partial charge is 0.249 e. The monoisotopic (exact) mass is 397 g/mol. The lowest BCUT2D eigenvalue weighted by molar-refractivity contribution is -0.134. The van der Waals surface area contributed by atoms with Crippen LogP contribution in [0.1, 0.15) is 78.5 Å². The zero-order chi connectivity index (χ0) is 20.8. The molecule has 0 fully saturated rings. The van der Waals surface area contributed by atoms with Crippen molar-refractivity contribution in [1.82, 2.24) is 10.3 Å². The molecule has 0 aliphatic rings. The van der Waals surface area contributed by atoms with Gasteiger partial charge in [-0.1, -0.05) is 54.9 Å². The highest BCUT2D eigenvalue weighted by molar-refractivity contribution is 7.15. The van der Waals surface area contributed by atoms with Gasteiger partial charge in [-0.2, -0.15) is 0 Å². The average Bonchev–Trinajstić information content (AvgIpc) is 3.00. The van der Waals surface area contributed by atoms with E-state index < -0.39 is 18.1 Å². The first kappa shape index (κ1) is 23.6. The van der Waals surface area contributed by atoms with E-state index in [4.69, 9.17) is 0 Å². The Morgan fingerprint density at radius 3 is 2.37 bits per heavy atom. The summed E-state index contributed by atoms with van der Waals surface area (Å²) in [6.45, 7) is 14.2. The Labute approximate surface area is 167 Å². The molecular weight excluding hydrogens is 362 g/mol. The average molecular weight is 398 g/mol. The first-order valence-electron chi connectivity index (χ1n) is 9.69. The van der Waals surface area contributed by atoms with Gasteiger partial charge in [0.25, 0.3) is 0 Å². The van der Waals surface area contributed by atoms with E-state index in [2.05, 4.69) is 43.3 Å². The molecule has 1 aromatic rings. The predicted molar refractivity (Wildman–Crippen MR) is 111 cm³/mol. The Kier molecular flexibility index (Phi) is 8.88. The van der Waals surface area contributed by atoms with Gasteiger partial charge in [0.05, 0.1) is 0 Å². The molecule has 0 saturated heterocycles. The third-order valence-corrected chi connectivity index (χ3v) is 5.41. The van der Waals surface area contributed by atoms with Crippen molar-refractivity contribution in [2.45, 2.75) is 85.8 Å². The minimum Gasteiger partial charge on any atom is -0.383 e. The van der Waals surface area contributed by atoms with Gasteiger partial charge >= 0.3 is 0 Å². The lowest BCUT2D eigenvalue weighted by Crippen LogP contribution is -2.48. The van der Waals surface area contributed by atoms with Gasteiger partial charge in [-0.3, -0.25) is 9.59 Å². The van der Waals surface area contributed by atoms with Crippen LogP contribution in [0.4, 0.5) is 5.13 Å². The van der Waals surface area contributed by atoms with Gasteiger partial charge in [0.15, 0.2) is 5.13 Å². The summed E-state index contributed by atoms with van der Waals surface area (Å²) in [6, 6.07) is -0.685. The number of hydrogen-bond acceptors (Lipinski definition) is 5. The standard InChI is InChI=1S/C20H35N3O3S/c1-8-9-14(22-18(26)16(24)12(2)3)17(25)23-19-21-11-15(27-19)13(4)10-20(5,6)7/h11-14,16,24H,8-10H2,1-7H3,(H,22,26)(H,21,23,25). The van der Waals surface area contributed by atoms with Crippen LogP contribution < -0.4 is 10.6 Å². The van der Waals surface area contributed by atoms with Crippen LogP contribution in [0.3, 0.4) is 0 Å². The summed E-state index contributed by atoms with van der Waals surface area (Å²) in [7, 11) is 0. The van der Waals surface area contributed by atoms with Gasteiger partial charge in [0.1, 0.15) is 12.1 Å². The Hall–Kier alpha value is -1.47. The van der Waals surface area contributed by atoms with Crippen LogP contribution in [0.25, 0.3) is 0 Å². The van der Waals surface area contributed by atoms with E-state index >= 15 is 0 Å². The van der Waals surface area contributed by atoms with Crippen LogP contribution in [0.15, 0.2) is 6.20 Å². The molecule has 27 heavy (non-hydrogen) atoms. The number of aliphatic hydroxyl groups excluding tert-OH is 1. The molecule has 0 aromatic carbocycles. The summed E-state index contributed by atoms with van der Waals surface area (Å²) in [5.74, 6) is -0.663. The highest BCUT2D eigenvalue weighted by Gasteiger charge is 2.26. The van der Waals surface area contributed by atoms with Gasteiger partial charge in [-0.05, 0) is 30.1 Å². The molecular formula is C20H35N3O3S. The van der Waals surface area contributed by atoms with E-state index in [1.54, 1.807) is 13.8 Å². The molecule has 1 aromatic heterocycles. The zero-order valence-corrected chi connectivity index (χ0v) is 18.4. The number of thiazole rings is 1. The number of anilines is 1. The van der Waals surface area contributed by atoms with Crippen molar-refractivity contribution in [1.29, 1.82) is 0 Å². The molecule has 7 heteroatoms. The number of hydrogen-bond donors (Lipinski definition) is 3. The number of carbonyl (C=O) groups excluding carboxylic acids is 2. The third-order valence-electron chi connectivity index (χ3n) is 4.27. The van der Waals surface area contributed by atoms with Gasteiger partial charge in [0, 0.05) is 11.1 Å². The van der Waals surface area contributed by atoms with E-state index in [-0.39, 0.29) is 17.2 Å². The molecule has 0 radical (unpaired) electrons. The van der Waals surface area contributed by atoms with Crippen LogP contribution in [0.2, 0.25) is 0 Å². The van der Waals surface area contributed by atoms with Crippen LogP contribution in [0, 0.1) is 11.3 Å². The maximum atomic E-state index is 12.6. The molecule has 1 rings (SSSR count). The van der Waals surface area contributed by atoms with E-state index in [0.29, 0.717) is 17.5 Å². The molecule has 0 spiro atoms. The minimum atomic E-state index is -1.12. The quantitative estimate of drug-likeness (QED) is 0.589. The molecule has 154 valence electrons. The number of amides is 2.